The van der Waals surface area contributed by atoms with Gasteiger partial charge in [-0.15, -0.1) is 0 Å². The van der Waals surface area contributed by atoms with Crippen molar-refractivity contribution in [2.45, 2.75) is 13.8 Å². The lowest BCUT2D eigenvalue weighted by Gasteiger charge is -2.35. The zero-order valence-corrected chi connectivity index (χ0v) is 6.68. The van der Waals surface area contributed by atoms with E-state index in [1.54, 1.807) is 0 Å². The molecule has 0 saturated carbocycles. The second kappa shape index (κ2) is 3.06. The minimum absolute atomic E-state index is 0.403. The molecule has 1 saturated heterocycles. The first-order valence-corrected chi connectivity index (χ1v) is 3.90. The van der Waals surface area contributed by atoms with Crippen molar-refractivity contribution in [2.75, 3.05) is 19.8 Å². The third-order valence-electron chi connectivity index (χ3n) is 1.79. The summed E-state index contributed by atoms with van der Waals surface area (Å²) in [7, 11) is 0. The van der Waals surface area contributed by atoms with E-state index in [1.807, 2.05) is 20.0 Å². The third-order valence-corrected chi connectivity index (χ3v) is 1.79. The van der Waals surface area contributed by atoms with Gasteiger partial charge in [0.05, 0.1) is 18.6 Å². The molecule has 0 amide bonds. The van der Waals surface area contributed by atoms with Gasteiger partial charge in [-0.25, -0.2) is 0 Å². The highest BCUT2D eigenvalue weighted by molar-refractivity contribution is 5.10. The Morgan fingerprint density at radius 3 is 2.30 bits per heavy atom. The molecule has 2 aliphatic heterocycles. The average Bonchev–Trinajstić information content (AvgIpc) is 2.38. The smallest absolute Gasteiger partial charge is 0.0597 e. The maximum atomic E-state index is 5.07. The van der Waals surface area contributed by atoms with E-state index in [9.17, 15) is 0 Å². The van der Waals surface area contributed by atoms with E-state index in [0.29, 0.717) is 5.41 Å². The predicted molar refractivity (Wildman–Crippen MR) is 41.7 cm³/mol. The maximum Gasteiger partial charge on any atom is 0.0597 e. The highest BCUT2D eigenvalue weighted by Crippen LogP contribution is 2.30. The van der Waals surface area contributed by atoms with Crippen LogP contribution < -0.4 is 5.32 Å². The molecule has 2 aliphatic rings. The van der Waals surface area contributed by atoms with Gasteiger partial charge in [-0.1, -0.05) is 19.9 Å². The van der Waals surface area contributed by atoms with Crippen LogP contribution in [0.4, 0.5) is 0 Å². The Morgan fingerprint density at radius 2 is 2.10 bits per heavy atom. The Kier molecular flexibility index (Phi) is 2.33. The Hall–Kier alpha value is -0.500. The monoisotopic (exact) mass is 141 g/mol. The summed E-state index contributed by atoms with van der Waals surface area (Å²) < 4.78 is 5.07. The summed E-state index contributed by atoms with van der Waals surface area (Å²) in [6.45, 7) is 6.90. The molecule has 2 heterocycles. The highest BCUT2D eigenvalue weighted by atomic mass is 16.5. The van der Waals surface area contributed by atoms with Crippen LogP contribution in [-0.4, -0.2) is 19.8 Å². The standard InChI is InChI=1S/C6H9NO.C2H6/c1-2-7-3-6(1)4-8-5-6;1-2/h1-2,7H,3-5H2;1-2H3. The second-order valence-corrected chi connectivity index (χ2v) is 2.57. The third kappa shape index (κ3) is 1.16. The van der Waals surface area contributed by atoms with Crippen molar-refractivity contribution >= 4 is 0 Å². The number of nitrogens with one attached hydrogen (secondary N) is 1. The lowest BCUT2D eigenvalue weighted by molar-refractivity contribution is -0.0744. The normalized spacial score (nSPS) is 24.6. The summed E-state index contributed by atoms with van der Waals surface area (Å²) in [4.78, 5) is 0. The predicted octanol–water partition coefficient (Wildman–Crippen LogP) is 1.15. The molecule has 1 fully saturated rings. The van der Waals surface area contributed by atoms with Crippen LogP contribution in [0.1, 0.15) is 13.8 Å². The number of hydrogen-bond acceptors (Lipinski definition) is 2. The van der Waals surface area contributed by atoms with Crippen molar-refractivity contribution in [3.05, 3.63) is 12.3 Å². The molecule has 1 spiro atoms. The Balaban J connectivity index is 0.000000231. The van der Waals surface area contributed by atoms with Gasteiger partial charge in [0.15, 0.2) is 0 Å². The van der Waals surface area contributed by atoms with Crippen LogP contribution in [-0.2, 0) is 4.74 Å². The fraction of sp³-hybridized carbons (Fsp3) is 0.750. The van der Waals surface area contributed by atoms with Gasteiger partial charge in [0.25, 0.3) is 0 Å². The first kappa shape index (κ1) is 7.61. The lowest BCUT2D eigenvalue weighted by atomic mass is 9.88. The molecule has 0 aromatic carbocycles. The van der Waals surface area contributed by atoms with Crippen molar-refractivity contribution in [3.63, 3.8) is 0 Å². The van der Waals surface area contributed by atoms with Crippen molar-refractivity contribution in [1.29, 1.82) is 0 Å². The largest absolute Gasteiger partial charge is 0.390 e. The summed E-state index contributed by atoms with van der Waals surface area (Å²) in [6.07, 6.45) is 4.22. The second-order valence-electron chi connectivity index (χ2n) is 2.57. The highest BCUT2D eigenvalue weighted by Gasteiger charge is 2.37. The zero-order valence-electron chi connectivity index (χ0n) is 6.68. The van der Waals surface area contributed by atoms with Gasteiger partial charge in [0, 0.05) is 6.54 Å². The lowest BCUT2D eigenvalue weighted by Crippen LogP contribution is -2.43. The minimum atomic E-state index is 0.403. The Bertz CT molecular complexity index is 127. The fourth-order valence-electron chi connectivity index (χ4n) is 1.12. The summed E-state index contributed by atoms with van der Waals surface area (Å²) in [5, 5.41) is 3.15. The van der Waals surface area contributed by atoms with Crippen molar-refractivity contribution in [3.8, 4) is 0 Å². The average molecular weight is 141 g/mol. The van der Waals surface area contributed by atoms with Gasteiger partial charge >= 0.3 is 0 Å². The molecule has 0 aliphatic carbocycles. The number of hydrogen-bond donors (Lipinski definition) is 1. The summed E-state index contributed by atoms with van der Waals surface area (Å²) in [5.41, 5.74) is 0.403. The molecule has 10 heavy (non-hydrogen) atoms. The van der Waals surface area contributed by atoms with E-state index >= 15 is 0 Å². The van der Waals surface area contributed by atoms with Gasteiger partial charge in [0.1, 0.15) is 0 Å². The van der Waals surface area contributed by atoms with Gasteiger partial charge in [0.2, 0.25) is 0 Å². The van der Waals surface area contributed by atoms with Crippen LogP contribution in [0.5, 0.6) is 0 Å². The van der Waals surface area contributed by atoms with Crippen molar-refractivity contribution in [2.24, 2.45) is 5.41 Å². The van der Waals surface area contributed by atoms with Gasteiger partial charge < -0.3 is 10.1 Å². The first-order valence-electron chi connectivity index (χ1n) is 3.90. The van der Waals surface area contributed by atoms with E-state index in [2.05, 4.69) is 11.4 Å². The van der Waals surface area contributed by atoms with E-state index in [0.717, 1.165) is 19.8 Å². The molecule has 0 aromatic rings. The summed E-state index contributed by atoms with van der Waals surface area (Å²) in [6, 6.07) is 0. The fourth-order valence-corrected chi connectivity index (χ4v) is 1.12. The Morgan fingerprint density at radius 1 is 1.40 bits per heavy atom. The Labute approximate surface area is 62.3 Å². The molecule has 1 N–H and O–H groups in total. The van der Waals surface area contributed by atoms with Crippen molar-refractivity contribution < 1.29 is 4.74 Å². The first-order chi connectivity index (χ1) is 4.91. The van der Waals surface area contributed by atoms with Crippen LogP contribution >= 0.6 is 0 Å². The molecule has 58 valence electrons. The SMILES string of the molecule is C1=CC2(CN1)COC2.CC. The molecular weight excluding hydrogens is 126 g/mol. The van der Waals surface area contributed by atoms with Crippen LogP contribution in [0.3, 0.4) is 0 Å². The summed E-state index contributed by atoms with van der Waals surface area (Å²) in [5.74, 6) is 0. The van der Waals surface area contributed by atoms with Crippen molar-refractivity contribution in [1.82, 2.24) is 5.32 Å². The van der Waals surface area contributed by atoms with Crippen LogP contribution in [0.2, 0.25) is 0 Å². The topological polar surface area (TPSA) is 21.3 Å². The molecular formula is C8H15NO. The molecule has 0 aromatic heterocycles. The molecule has 0 radical (unpaired) electrons. The maximum absolute atomic E-state index is 5.07. The summed E-state index contributed by atoms with van der Waals surface area (Å²) >= 11 is 0. The van der Waals surface area contributed by atoms with Gasteiger partial charge in [-0.3, -0.25) is 0 Å². The van der Waals surface area contributed by atoms with Crippen LogP contribution in [0.25, 0.3) is 0 Å². The molecule has 0 bridgehead atoms. The van der Waals surface area contributed by atoms with E-state index in [4.69, 9.17) is 4.74 Å². The molecule has 2 heteroatoms. The molecule has 2 rings (SSSR count). The number of ether oxygens (including phenoxy) is 1. The van der Waals surface area contributed by atoms with E-state index in [1.165, 1.54) is 0 Å². The zero-order chi connectivity index (χ0) is 7.45. The van der Waals surface area contributed by atoms with Crippen LogP contribution in [0, 0.1) is 5.41 Å². The van der Waals surface area contributed by atoms with E-state index in [-0.39, 0.29) is 0 Å². The van der Waals surface area contributed by atoms with E-state index < -0.39 is 0 Å². The van der Waals surface area contributed by atoms with Crippen LogP contribution in [0.15, 0.2) is 12.3 Å². The molecule has 2 nitrogen and oxygen atoms in total. The molecule has 0 unspecified atom stereocenters. The molecule has 0 atom stereocenters. The quantitative estimate of drug-likeness (QED) is 0.546. The van der Waals surface area contributed by atoms with Gasteiger partial charge in [-0.05, 0) is 6.20 Å². The van der Waals surface area contributed by atoms with Gasteiger partial charge in [-0.2, -0.15) is 0 Å². The number of rotatable bonds is 0. The minimum Gasteiger partial charge on any atom is -0.390 e.